The first-order valence-corrected chi connectivity index (χ1v) is 10.5. The molecule has 0 amide bonds. The first kappa shape index (κ1) is 18.9. The van der Waals surface area contributed by atoms with E-state index in [1.54, 1.807) is 6.07 Å². The molecule has 0 atom stereocenters. The Morgan fingerprint density at radius 3 is 2.37 bits per heavy atom. The van der Waals surface area contributed by atoms with Crippen LogP contribution in [0.25, 0.3) is 0 Å². The summed E-state index contributed by atoms with van der Waals surface area (Å²) >= 11 is 3.26. The fourth-order valence-electron chi connectivity index (χ4n) is 4.49. The minimum atomic E-state index is -0.229. The highest BCUT2D eigenvalue weighted by atomic mass is 79.9. The first-order chi connectivity index (χ1) is 12.7. The van der Waals surface area contributed by atoms with Gasteiger partial charge in [-0.05, 0) is 78.1 Å². The molecule has 0 radical (unpaired) electrons. The molecule has 4 nitrogen and oxygen atoms in total. The summed E-state index contributed by atoms with van der Waals surface area (Å²) in [5.74, 6) is 1.42. The van der Waals surface area contributed by atoms with Crippen LogP contribution >= 0.6 is 15.9 Å². The maximum Gasteiger partial charge on any atom is 0.232 e. The molecule has 3 aliphatic rings. The molecule has 1 aromatic heterocycles. The Morgan fingerprint density at radius 1 is 1.15 bits per heavy atom. The highest BCUT2D eigenvalue weighted by Gasteiger charge is 2.52. The van der Waals surface area contributed by atoms with Crippen molar-refractivity contribution in [3.05, 3.63) is 40.2 Å². The maximum absolute atomic E-state index is 13.4. The average Bonchev–Trinajstić information content (AvgIpc) is 3.16. The van der Waals surface area contributed by atoms with Gasteiger partial charge in [0.25, 0.3) is 0 Å². The molecule has 2 bridgehead atoms. The van der Waals surface area contributed by atoms with Gasteiger partial charge in [-0.3, -0.25) is 0 Å². The summed E-state index contributed by atoms with van der Waals surface area (Å²) in [7, 11) is 0. The van der Waals surface area contributed by atoms with Crippen molar-refractivity contribution in [3.63, 3.8) is 0 Å². The van der Waals surface area contributed by atoms with E-state index >= 15 is 0 Å². The molecule has 146 valence electrons. The fourth-order valence-corrected chi connectivity index (χ4v) is 4.87. The minimum Gasteiger partial charge on any atom is -0.384 e. The van der Waals surface area contributed by atoms with Crippen molar-refractivity contribution in [2.24, 2.45) is 5.41 Å². The molecule has 3 saturated carbocycles. The average molecular weight is 436 g/mol. The largest absolute Gasteiger partial charge is 0.384 e. The predicted molar refractivity (Wildman–Crippen MR) is 107 cm³/mol. The van der Waals surface area contributed by atoms with E-state index in [0.717, 1.165) is 62.5 Å². The number of hydrogen-bond donors (Lipinski definition) is 1. The van der Waals surface area contributed by atoms with Gasteiger partial charge in [0.15, 0.2) is 5.82 Å². The van der Waals surface area contributed by atoms with E-state index in [1.807, 2.05) is 6.07 Å². The Morgan fingerprint density at radius 2 is 1.81 bits per heavy atom. The second-order valence-corrected chi connectivity index (χ2v) is 10.3. The molecule has 2 aromatic rings. The molecule has 27 heavy (non-hydrogen) atoms. The Balaban J connectivity index is 1.43. The number of rotatable bonds is 4. The topological polar surface area (TPSA) is 51.0 Å². The molecule has 0 aliphatic heterocycles. The maximum atomic E-state index is 13.4. The second-order valence-electron chi connectivity index (χ2n) is 9.44. The van der Waals surface area contributed by atoms with Crippen LogP contribution in [-0.2, 0) is 10.8 Å². The van der Waals surface area contributed by atoms with Crippen LogP contribution in [0.5, 0.6) is 0 Å². The van der Waals surface area contributed by atoms with E-state index < -0.39 is 0 Å². The number of fused-ring (bicyclic) bond motifs is 3. The Hall–Kier alpha value is -1.43. The van der Waals surface area contributed by atoms with Crippen molar-refractivity contribution in [1.29, 1.82) is 0 Å². The molecule has 0 saturated heterocycles. The number of benzene rings is 1. The van der Waals surface area contributed by atoms with Crippen molar-refractivity contribution in [3.8, 4) is 0 Å². The van der Waals surface area contributed by atoms with Gasteiger partial charge in [-0.1, -0.05) is 25.9 Å². The third-order valence-electron chi connectivity index (χ3n) is 6.54. The fraction of sp³-hybridized carbons (Fsp3) is 0.619. The molecule has 1 heterocycles. The smallest absolute Gasteiger partial charge is 0.232 e. The highest BCUT2D eigenvalue weighted by molar-refractivity contribution is 9.10. The quantitative estimate of drug-likeness (QED) is 0.641. The normalized spacial score (nSPS) is 27.7. The molecule has 0 unspecified atom stereocenters. The lowest BCUT2D eigenvalue weighted by Crippen LogP contribution is -2.47. The summed E-state index contributed by atoms with van der Waals surface area (Å²) in [6.07, 6.45) is 6.80. The van der Waals surface area contributed by atoms with Gasteiger partial charge < -0.3 is 9.84 Å². The monoisotopic (exact) mass is 435 g/mol. The van der Waals surface area contributed by atoms with Crippen LogP contribution in [0.3, 0.4) is 0 Å². The second kappa shape index (κ2) is 6.57. The van der Waals surface area contributed by atoms with Gasteiger partial charge in [-0.15, -0.1) is 0 Å². The van der Waals surface area contributed by atoms with Crippen molar-refractivity contribution in [2.45, 2.75) is 70.1 Å². The van der Waals surface area contributed by atoms with Gasteiger partial charge in [-0.2, -0.15) is 4.98 Å². The predicted octanol–water partition coefficient (Wildman–Crippen LogP) is 5.97. The van der Waals surface area contributed by atoms with Gasteiger partial charge in [0.05, 0.1) is 4.47 Å². The van der Waals surface area contributed by atoms with Crippen LogP contribution in [0.1, 0.15) is 71.0 Å². The summed E-state index contributed by atoms with van der Waals surface area (Å²) in [6, 6.07) is 5.12. The third-order valence-corrected chi connectivity index (χ3v) is 7.15. The zero-order valence-electron chi connectivity index (χ0n) is 16.2. The summed E-state index contributed by atoms with van der Waals surface area (Å²) in [5.41, 5.74) is 1.26. The van der Waals surface area contributed by atoms with Crippen LogP contribution in [0, 0.1) is 11.2 Å². The number of anilines is 1. The minimum absolute atomic E-state index is 0.0666. The highest BCUT2D eigenvalue weighted by Crippen LogP contribution is 2.57. The molecular weight excluding hydrogens is 409 g/mol. The molecule has 3 fully saturated rings. The van der Waals surface area contributed by atoms with Crippen LogP contribution < -0.4 is 5.32 Å². The van der Waals surface area contributed by atoms with Crippen molar-refractivity contribution < 1.29 is 8.91 Å². The van der Waals surface area contributed by atoms with E-state index in [9.17, 15) is 4.39 Å². The van der Waals surface area contributed by atoms with Crippen molar-refractivity contribution in [2.75, 3.05) is 11.9 Å². The number of hydrogen-bond acceptors (Lipinski definition) is 4. The number of nitrogens with zero attached hydrogens (tertiary/aromatic N) is 2. The van der Waals surface area contributed by atoms with Crippen LogP contribution in [-0.4, -0.2) is 16.7 Å². The zero-order valence-corrected chi connectivity index (χ0v) is 17.8. The molecule has 1 aromatic carbocycles. The van der Waals surface area contributed by atoms with Gasteiger partial charge in [0.2, 0.25) is 5.89 Å². The van der Waals surface area contributed by atoms with E-state index in [0.29, 0.717) is 9.89 Å². The van der Waals surface area contributed by atoms with Crippen LogP contribution in [0.2, 0.25) is 0 Å². The lowest BCUT2D eigenvalue weighted by Gasteiger charge is -2.52. The summed E-state index contributed by atoms with van der Waals surface area (Å²) in [4.78, 5) is 4.77. The zero-order chi connectivity index (χ0) is 19.3. The summed E-state index contributed by atoms with van der Waals surface area (Å²) in [5, 5.41) is 7.78. The molecule has 6 heteroatoms. The van der Waals surface area contributed by atoms with Gasteiger partial charge in [0.1, 0.15) is 5.82 Å². The van der Waals surface area contributed by atoms with E-state index in [-0.39, 0.29) is 16.6 Å². The van der Waals surface area contributed by atoms with Crippen LogP contribution in [0.4, 0.5) is 10.1 Å². The first-order valence-electron chi connectivity index (χ1n) is 9.75. The molecule has 3 aliphatic carbocycles. The molecule has 1 N–H and O–H groups in total. The third kappa shape index (κ3) is 3.53. The number of halogens is 2. The molecule has 5 rings (SSSR count). The lowest BCUT2D eigenvalue weighted by atomic mass is 9.53. The van der Waals surface area contributed by atoms with Gasteiger partial charge in [0, 0.05) is 23.1 Å². The van der Waals surface area contributed by atoms with Crippen molar-refractivity contribution in [1.82, 2.24) is 10.1 Å². The Kier molecular flexibility index (Phi) is 4.60. The molecule has 0 spiro atoms. The van der Waals surface area contributed by atoms with E-state index in [1.165, 1.54) is 6.07 Å². The summed E-state index contributed by atoms with van der Waals surface area (Å²) in [6.45, 7) is 7.28. The van der Waals surface area contributed by atoms with Crippen molar-refractivity contribution >= 4 is 21.6 Å². The number of aromatic nitrogens is 2. The molecular formula is C21H27BrFN3O. The van der Waals surface area contributed by atoms with E-state index in [2.05, 4.69) is 47.2 Å². The van der Waals surface area contributed by atoms with Gasteiger partial charge in [-0.25, -0.2) is 4.39 Å². The SMILES string of the molecule is CC(C)(C)c1noc(C23CCC(CNc4ccc(F)c(Br)c4)(CC2)CC3)n1. The standard InChI is InChI=1S/C21H27BrFN3O/c1-19(2,3)17-25-18(27-26-17)21-9-6-20(7-10-21,8-11-21)13-24-14-4-5-16(23)15(22)12-14/h4-5,12,24H,6-11,13H2,1-3H3. The lowest BCUT2D eigenvalue weighted by molar-refractivity contribution is 0.0322. The Labute approximate surface area is 168 Å². The van der Waals surface area contributed by atoms with Gasteiger partial charge >= 0.3 is 0 Å². The number of nitrogens with one attached hydrogen (secondary N) is 1. The summed E-state index contributed by atoms with van der Waals surface area (Å²) < 4.78 is 19.6. The Bertz CT molecular complexity index is 818. The van der Waals surface area contributed by atoms with E-state index in [4.69, 9.17) is 9.51 Å². The van der Waals surface area contributed by atoms with Crippen LogP contribution in [0.15, 0.2) is 27.2 Å².